The van der Waals surface area contributed by atoms with Crippen molar-refractivity contribution in [2.75, 3.05) is 12.4 Å². The SMILES string of the molecule is CCOC(=O)C1(NC2CCCC2)CCSc2ccccc21. The van der Waals surface area contributed by atoms with Gasteiger partial charge in [-0.05, 0) is 37.8 Å². The van der Waals surface area contributed by atoms with Crippen LogP contribution < -0.4 is 5.32 Å². The molecule has 1 aliphatic heterocycles. The Morgan fingerprint density at radius 3 is 2.90 bits per heavy atom. The summed E-state index contributed by atoms with van der Waals surface area (Å²) in [5.41, 5.74) is 0.457. The molecule has 1 aromatic rings. The Morgan fingerprint density at radius 1 is 1.38 bits per heavy atom. The molecule has 1 aromatic carbocycles. The summed E-state index contributed by atoms with van der Waals surface area (Å²) in [6.07, 6.45) is 5.65. The molecule has 0 radical (unpaired) electrons. The Balaban J connectivity index is 1.98. The van der Waals surface area contributed by atoms with E-state index in [9.17, 15) is 4.79 Å². The second kappa shape index (κ2) is 6.41. The maximum Gasteiger partial charge on any atom is 0.331 e. The van der Waals surface area contributed by atoms with Crippen LogP contribution in [0.2, 0.25) is 0 Å². The number of nitrogens with one attached hydrogen (secondary N) is 1. The molecule has 1 saturated carbocycles. The molecular weight excluding hydrogens is 282 g/mol. The van der Waals surface area contributed by atoms with Crippen LogP contribution in [-0.4, -0.2) is 24.4 Å². The normalized spacial score (nSPS) is 25.6. The van der Waals surface area contributed by atoms with E-state index >= 15 is 0 Å². The Kier molecular flexibility index (Phi) is 4.55. The molecule has 1 aliphatic carbocycles. The number of carbonyl (C=O) groups is 1. The van der Waals surface area contributed by atoms with Gasteiger partial charge < -0.3 is 4.74 Å². The highest BCUT2D eigenvalue weighted by Crippen LogP contribution is 2.42. The lowest BCUT2D eigenvalue weighted by Gasteiger charge is -2.39. The van der Waals surface area contributed by atoms with E-state index in [-0.39, 0.29) is 5.97 Å². The summed E-state index contributed by atoms with van der Waals surface area (Å²) in [5.74, 6) is 0.847. The Hall–Kier alpha value is -1.00. The van der Waals surface area contributed by atoms with Crippen molar-refractivity contribution in [2.45, 2.75) is 55.5 Å². The average molecular weight is 305 g/mol. The minimum absolute atomic E-state index is 0.107. The van der Waals surface area contributed by atoms with E-state index in [0.717, 1.165) is 30.6 Å². The summed E-state index contributed by atoms with van der Waals surface area (Å²) >= 11 is 1.84. The highest BCUT2D eigenvalue weighted by atomic mass is 32.2. The van der Waals surface area contributed by atoms with Gasteiger partial charge in [-0.25, -0.2) is 4.79 Å². The summed E-state index contributed by atoms with van der Waals surface area (Å²) in [4.78, 5) is 14.0. The van der Waals surface area contributed by atoms with E-state index in [2.05, 4.69) is 17.4 Å². The molecule has 1 fully saturated rings. The average Bonchev–Trinajstić information content (AvgIpc) is 3.00. The third-order valence-electron chi connectivity index (χ3n) is 4.51. The fraction of sp³-hybridized carbons (Fsp3) is 0.588. The summed E-state index contributed by atoms with van der Waals surface area (Å²) in [6.45, 7) is 2.31. The Labute approximate surface area is 130 Å². The standard InChI is InChI=1S/C17H23NO2S/c1-2-20-16(19)17(18-13-7-3-4-8-13)11-12-21-15-10-6-5-9-14(15)17/h5-6,9-10,13,18H,2-4,7-8,11-12H2,1H3. The first-order valence-corrected chi connectivity index (χ1v) is 8.92. The van der Waals surface area contributed by atoms with Crippen LogP contribution in [0.1, 0.15) is 44.6 Å². The monoisotopic (exact) mass is 305 g/mol. The molecule has 0 amide bonds. The van der Waals surface area contributed by atoms with Crippen molar-refractivity contribution >= 4 is 17.7 Å². The summed E-state index contributed by atoms with van der Waals surface area (Å²) in [6, 6.07) is 8.70. The minimum atomic E-state index is -0.646. The van der Waals surface area contributed by atoms with Gasteiger partial charge >= 0.3 is 5.97 Å². The molecule has 0 bridgehead atoms. The number of hydrogen-bond donors (Lipinski definition) is 1. The predicted octanol–water partition coefficient (Wildman–Crippen LogP) is 3.47. The Bertz CT molecular complexity index is 513. The van der Waals surface area contributed by atoms with Gasteiger partial charge in [0, 0.05) is 16.7 Å². The molecule has 1 unspecified atom stereocenters. The van der Waals surface area contributed by atoms with Crippen molar-refractivity contribution in [1.29, 1.82) is 0 Å². The van der Waals surface area contributed by atoms with Crippen LogP contribution in [0.4, 0.5) is 0 Å². The van der Waals surface area contributed by atoms with E-state index in [1.54, 1.807) is 0 Å². The third kappa shape index (κ3) is 2.84. The number of esters is 1. The van der Waals surface area contributed by atoms with E-state index in [1.807, 2.05) is 30.8 Å². The van der Waals surface area contributed by atoms with Gasteiger partial charge in [0.25, 0.3) is 0 Å². The molecule has 2 aliphatic rings. The lowest BCUT2D eigenvalue weighted by Crippen LogP contribution is -2.55. The highest BCUT2D eigenvalue weighted by Gasteiger charge is 2.46. The van der Waals surface area contributed by atoms with Crippen LogP contribution in [0.25, 0.3) is 0 Å². The summed E-state index contributed by atoms with van der Waals surface area (Å²) in [5, 5.41) is 3.68. The molecule has 1 heterocycles. The number of thioether (sulfide) groups is 1. The van der Waals surface area contributed by atoms with Gasteiger partial charge in [0.05, 0.1) is 6.61 Å². The van der Waals surface area contributed by atoms with Gasteiger partial charge in [-0.15, -0.1) is 11.8 Å². The number of fused-ring (bicyclic) bond motifs is 1. The lowest BCUT2D eigenvalue weighted by molar-refractivity contribution is -0.152. The van der Waals surface area contributed by atoms with Crippen LogP contribution in [-0.2, 0) is 15.1 Å². The zero-order chi connectivity index (χ0) is 14.7. The van der Waals surface area contributed by atoms with Crippen LogP contribution in [0.5, 0.6) is 0 Å². The van der Waals surface area contributed by atoms with E-state index in [0.29, 0.717) is 12.6 Å². The first kappa shape index (κ1) is 14.9. The fourth-order valence-electron chi connectivity index (χ4n) is 3.49. The van der Waals surface area contributed by atoms with Crippen molar-refractivity contribution in [3.8, 4) is 0 Å². The molecular formula is C17H23NO2S. The molecule has 1 atom stereocenters. The van der Waals surface area contributed by atoms with Crippen molar-refractivity contribution in [2.24, 2.45) is 0 Å². The van der Waals surface area contributed by atoms with E-state index < -0.39 is 5.54 Å². The number of ether oxygens (including phenoxy) is 1. The van der Waals surface area contributed by atoms with Gasteiger partial charge in [-0.1, -0.05) is 31.0 Å². The fourth-order valence-corrected chi connectivity index (χ4v) is 4.69. The first-order chi connectivity index (χ1) is 10.3. The second-order valence-corrected chi connectivity index (χ2v) is 6.98. The van der Waals surface area contributed by atoms with E-state index in [1.165, 1.54) is 17.7 Å². The van der Waals surface area contributed by atoms with Crippen LogP contribution in [0.15, 0.2) is 29.2 Å². The second-order valence-electron chi connectivity index (χ2n) is 5.85. The molecule has 3 nitrogen and oxygen atoms in total. The van der Waals surface area contributed by atoms with Gasteiger partial charge in [-0.3, -0.25) is 5.32 Å². The van der Waals surface area contributed by atoms with Crippen LogP contribution >= 0.6 is 11.8 Å². The van der Waals surface area contributed by atoms with Gasteiger partial charge in [0.15, 0.2) is 0 Å². The maximum absolute atomic E-state index is 12.8. The number of hydrogen-bond acceptors (Lipinski definition) is 4. The molecule has 4 heteroatoms. The maximum atomic E-state index is 12.8. The lowest BCUT2D eigenvalue weighted by atomic mass is 9.85. The number of benzene rings is 1. The molecule has 0 aromatic heterocycles. The zero-order valence-electron chi connectivity index (χ0n) is 12.6. The van der Waals surface area contributed by atoms with Crippen molar-refractivity contribution in [3.05, 3.63) is 29.8 Å². The number of carbonyl (C=O) groups excluding carboxylic acids is 1. The van der Waals surface area contributed by atoms with Crippen molar-refractivity contribution in [3.63, 3.8) is 0 Å². The predicted molar refractivity (Wildman–Crippen MR) is 85.5 cm³/mol. The number of rotatable bonds is 4. The van der Waals surface area contributed by atoms with Crippen LogP contribution in [0.3, 0.4) is 0 Å². The summed E-state index contributed by atoms with van der Waals surface area (Å²) < 4.78 is 5.44. The molecule has 3 rings (SSSR count). The van der Waals surface area contributed by atoms with E-state index in [4.69, 9.17) is 4.74 Å². The summed E-state index contributed by atoms with van der Waals surface area (Å²) in [7, 11) is 0. The molecule has 0 saturated heterocycles. The van der Waals surface area contributed by atoms with Crippen molar-refractivity contribution in [1.82, 2.24) is 5.32 Å². The van der Waals surface area contributed by atoms with Crippen LogP contribution in [0, 0.1) is 0 Å². The topological polar surface area (TPSA) is 38.3 Å². The smallest absolute Gasteiger partial charge is 0.331 e. The Morgan fingerprint density at radius 2 is 2.14 bits per heavy atom. The quantitative estimate of drug-likeness (QED) is 0.865. The molecule has 114 valence electrons. The molecule has 1 N–H and O–H groups in total. The minimum Gasteiger partial charge on any atom is -0.464 e. The third-order valence-corrected chi connectivity index (χ3v) is 5.59. The van der Waals surface area contributed by atoms with Gasteiger partial charge in [-0.2, -0.15) is 0 Å². The molecule has 21 heavy (non-hydrogen) atoms. The molecule has 0 spiro atoms. The van der Waals surface area contributed by atoms with Gasteiger partial charge in [0.1, 0.15) is 5.54 Å². The van der Waals surface area contributed by atoms with Crippen molar-refractivity contribution < 1.29 is 9.53 Å². The highest BCUT2D eigenvalue weighted by molar-refractivity contribution is 7.99. The zero-order valence-corrected chi connectivity index (χ0v) is 13.4. The first-order valence-electron chi connectivity index (χ1n) is 7.93. The van der Waals surface area contributed by atoms with Gasteiger partial charge in [0.2, 0.25) is 0 Å². The largest absolute Gasteiger partial charge is 0.464 e.